The van der Waals surface area contributed by atoms with E-state index in [0.29, 0.717) is 11.6 Å². The summed E-state index contributed by atoms with van der Waals surface area (Å²) in [5.41, 5.74) is -0.633. The summed E-state index contributed by atoms with van der Waals surface area (Å²) < 4.78 is 0. The zero-order valence-corrected chi connectivity index (χ0v) is 15.9. The summed E-state index contributed by atoms with van der Waals surface area (Å²) in [5.74, 6) is 0.0977. The van der Waals surface area contributed by atoms with Gasteiger partial charge < -0.3 is 5.32 Å². The summed E-state index contributed by atoms with van der Waals surface area (Å²) in [4.78, 5) is 25.4. The number of rotatable bonds is 3. The average molecular weight is 399 g/mol. The van der Waals surface area contributed by atoms with Gasteiger partial charge in [-0.05, 0) is 29.9 Å². The third-order valence-electron chi connectivity index (χ3n) is 6.52. The third-order valence-corrected chi connectivity index (χ3v) is 8.09. The second-order valence-electron chi connectivity index (χ2n) is 7.43. The molecular formula is C18H21BrClNO2. The number of hydrogen-bond donors (Lipinski definition) is 1. The van der Waals surface area contributed by atoms with Gasteiger partial charge in [0.25, 0.3) is 0 Å². The van der Waals surface area contributed by atoms with Gasteiger partial charge in [0.05, 0.1) is 10.2 Å². The molecule has 0 radical (unpaired) electrons. The van der Waals surface area contributed by atoms with Crippen LogP contribution in [0.15, 0.2) is 24.3 Å². The highest BCUT2D eigenvalue weighted by Crippen LogP contribution is 2.72. The van der Waals surface area contributed by atoms with Gasteiger partial charge in [-0.2, -0.15) is 0 Å². The van der Waals surface area contributed by atoms with Crippen LogP contribution in [0.4, 0.5) is 0 Å². The number of benzene rings is 1. The molecule has 3 nitrogen and oxygen atoms in total. The Kier molecular flexibility index (Phi) is 3.92. The highest BCUT2D eigenvalue weighted by molar-refractivity contribution is 9.10. The quantitative estimate of drug-likeness (QED) is 0.779. The van der Waals surface area contributed by atoms with Gasteiger partial charge in [-0.25, -0.2) is 0 Å². The van der Waals surface area contributed by atoms with Gasteiger partial charge in [0.1, 0.15) is 0 Å². The largest absolute Gasteiger partial charge is 0.351 e. The zero-order chi connectivity index (χ0) is 17.0. The second kappa shape index (κ2) is 5.32. The number of alkyl halides is 1. The van der Waals surface area contributed by atoms with Crippen molar-refractivity contribution in [1.82, 2.24) is 5.32 Å². The Balaban J connectivity index is 1.87. The van der Waals surface area contributed by atoms with Crippen molar-refractivity contribution < 1.29 is 9.59 Å². The molecule has 0 aromatic heterocycles. The Bertz CT molecular complexity index is 689. The van der Waals surface area contributed by atoms with Crippen LogP contribution in [-0.4, -0.2) is 16.5 Å². The number of fused-ring (bicyclic) bond motifs is 2. The molecule has 2 aliphatic rings. The van der Waals surface area contributed by atoms with Gasteiger partial charge in [0, 0.05) is 17.0 Å². The van der Waals surface area contributed by atoms with Crippen LogP contribution in [0.2, 0.25) is 5.02 Å². The molecule has 0 spiro atoms. The van der Waals surface area contributed by atoms with Crippen molar-refractivity contribution in [2.24, 2.45) is 16.2 Å². The van der Waals surface area contributed by atoms with Crippen molar-refractivity contribution in [1.29, 1.82) is 0 Å². The highest BCUT2D eigenvalue weighted by Gasteiger charge is 2.76. The topological polar surface area (TPSA) is 46.2 Å². The molecule has 0 unspecified atom stereocenters. The van der Waals surface area contributed by atoms with E-state index in [1.165, 1.54) is 0 Å². The van der Waals surface area contributed by atoms with Crippen molar-refractivity contribution in [2.45, 2.75) is 45.0 Å². The fourth-order valence-electron chi connectivity index (χ4n) is 4.43. The molecule has 0 saturated heterocycles. The summed E-state index contributed by atoms with van der Waals surface area (Å²) in [6.45, 7) is 6.48. The Morgan fingerprint density at radius 3 is 2.52 bits per heavy atom. The number of Topliss-reactive ketones (excluding diaryl/α,β-unsaturated/α-hetero) is 1. The molecule has 2 saturated carbocycles. The van der Waals surface area contributed by atoms with Gasteiger partial charge in [0.15, 0.2) is 5.78 Å². The Hall–Kier alpha value is -0.870. The number of amides is 1. The van der Waals surface area contributed by atoms with Crippen molar-refractivity contribution >= 4 is 39.2 Å². The summed E-state index contributed by atoms with van der Waals surface area (Å²) >= 11 is 9.69. The summed E-state index contributed by atoms with van der Waals surface area (Å²) in [6.07, 6.45) is 1.49. The average Bonchev–Trinajstić information content (AvgIpc) is 2.78. The first-order valence-electron chi connectivity index (χ1n) is 7.88. The van der Waals surface area contributed by atoms with Crippen LogP contribution in [-0.2, 0) is 16.1 Å². The van der Waals surface area contributed by atoms with E-state index < -0.39 is 15.7 Å². The lowest BCUT2D eigenvalue weighted by atomic mass is 9.64. The lowest BCUT2D eigenvalue weighted by molar-refractivity contribution is -0.136. The summed E-state index contributed by atoms with van der Waals surface area (Å²) in [7, 11) is 0. The van der Waals surface area contributed by atoms with E-state index >= 15 is 0 Å². The fourth-order valence-corrected chi connectivity index (χ4v) is 6.15. The zero-order valence-electron chi connectivity index (χ0n) is 13.6. The van der Waals surface area contributed by atoms with Gasteiger partial charge in [-0.15, -0.1) is 0 Å². The minimum atomic E-state index is -0.694. The molecule has 0 heterocycles. The Labute approximate surface area is 150 Å². The molecule has 5 heteroatoms. The van der Waals surface area contributed by atoms with E-state index in [0.717, 1.165) is 18.4 Å². The second-order valence-corrected chi connectivity index (χ2v) is 8.75. The molecule has 124 valence electrons. The molecule has 3 rings (SSSR count). The maximum Gasteiger partial charge on any atom is 0.228 e. The van der Waals surface area contributed by atoms with Gasteiger partial charge in [-0.3, -0.25) is 9.59 Å². The smallest absolute Gasteiger partial charge is 0.228 e. The van der Waals surface area contributed by atoms with E-state index in [2.05, 4.69) is 21.2 Å². The fraction of sp³-hybridized carbons (Fsp3) is 0.556. The SMILES string of the molecule is CC1(C)[C@]2(C)CC[C@@]1(C(=O)NCc1ccccc1Cl)[C@H](Br)C2=O. The third kappa shape index (κ3) is 2.00. The van der Waals surface area contributed by atoms with Gasteiger partial charge in [0.2, 0.25) is 5.91 Å². The molecule has 3 atom stereocenters. The number of ketones is 1. The lowest BCUT2D eigenvalue weighted by Crippen LogP contribution is -2.50. The molecule has 2 fully saturated rings. The minimum Gasteiger partial charge on any atom is -0.351 e. The van der Waals surface area contributed by atoms with E-state index in [1.807, 2.05) is 45.0 Å². The number of carbonyl (C=O) groups excluding carboxylic acids is 2. The monoisotopic (exact) mass is 397 g/mol. The standard InChI is InChI=1S/C18H21BrClNO2/c1-16(2)17(3)8-9-18(16,13(19)14(17)22)15(23)21-10-11-6-4-5-7-12(11)20/h4-7,13H,8-10H2,1-3H3,(H,21,23)/t13-,17-,18+/m1/s1. The minimum absolute atomic E-state index is 0.0566. The van der Waals surface area contributed by atoms with Crippen LogP contribution in [0.3, 0.4) is 0 Å². The normalized spacial score (nSPS) is 34.7. The number of halogens is 2. The van der Waals surface area contributed by atoms with Gasteiger partial charge in [-0.1, -0.05) is 66.5 Å². The number of nitrogens with one attached hydrogen (secondary N) is 1. The molecule has 2 bridgehead atoms. The first-order chi connectivity index (χ1) is 10.7. The van der Waals surface area contributed by atoms with Crippen LogP contribution in [0.1, 0.15) is 39.2 Å². The van der Waals surface area contributed by atoms with Crippen LogP contribution in [0, 0.1) is 16.2 Å². The van der Waals surface area contributed by atoms with Crippen LogP contribution in [0.25, 0.3) is 0 Å². The van der Waals surface area contributed by atoms with Crippen molar-refractivity contribution in [3.63, 3.8) is 0 Å². The van der Waals surface area contributed by atoms with Crippen molar-refractivity contribution in [3.05, 3.63) is 34.9 Å². The molecular weight excluding hydrogens is 378 g/mol. The summed E-state index contributed by atoms with van der Waals surface area (Å²) in [6, 6.07) is 7.47. The maximum atomic E-state index is 13.1. The lowest BCUT2D eigenvalue weighted by Gasteiger charge is -2.39. The van der Waals surface area contributed by atoms with E-state index in [1.54, 1.807) is 0 Å². The highest BCUT2D eigenvalue weighted by atomic mass is 79.9. The predicted octanol–water partition coefficient (Wildman–Crippen LogP) is 4.12. The summed E-state index contributed by atoms with van der Waals surface area (Å²) in [5, 5.41) is 3.66. The molecule has 0 aliphatic heterocycles. The van der Waals surface area contributed by atoms with Crippen molar-refractivity contribution in [3.8, 4) is 0 Å². The van der Waals surface area contributed by atoms with E-state index in [-0.39, 0.29) is 17.1 Å². The number of hydrogen-bond acceptors (Lipinski definition) is 2. The van der Waals surface area contributed by atoms with Crippen molar-refractivity contribution in [2.75, 3.05) is 0 Å². The van der Waals surface area contributed by atoms with Crippen LogP contribution in [0.5, 0.6) is 0 Å². The molecule has 1 amide bonds. The maximum absolute atomic E-state index is 13.1. The van der Waals surface area contributed by atoms with E-state index in [4.69, 9.17) is 11.6 Å². The Morgan fingerprint density at radius 2 is 1.96 bits per heavy atom. The Morgan fingerprint density at radius 1 is 1.30 bits per heavy atom. The van der Waals surface area contributed by atoms with Crippen LogP contribution >= 0.6 is 27.5 Å². The molecule has 1 aromatic carbocycles. The first-order valence-corrected chi connectivity index (χ1v) is 9.18. The van der Waals surface area contributed by atoms with Gasteiger partial charge >= 0.3 is 0 Å². The molecule has 2 aliphatic carbocycles. The van der Waals surface area contributed by atoms with E-state index in [9.17, 15) is 9.59 Å². The first kappa shape index (κ1) is 17.0. The molecule has 1 N–H and O–H groups in total. The van der Waals surface area contributed by atoms with Crippen LogP contribution < -0.4 is 5.32 Å². The molecule has 1 aromatic rings. The molecule has 23 heavy (non-hydrogen) atoms. The predicted molar refractivity (Wildman–Crippen MR) is 94.6 cm³/mol. The number of carbonyl (C=O) groups is 2.